The van der Waals surface area contributed by atoms with Gasteiger partial charge in [-0.25, -0.2) is 8.78 Å². The van der Waals surface area contributed by atoms with Gasteiger partial charge < -0.3 is 14.3 Å². The van der Waals surface area contributed by atoms with Crippen LogP contribution in [0, 0.1) is 25.5 Å². The van der Waals surface area contributed by atoms with Gasteiger partial charge in [0.1, 0.15) is 40.7 Å². The molecule has 2 heterocycles. The van der Waals surface area contributed by atoms with E-state index in [1.807, 2.05) is 0 Å². The number of Topliss-reactive ketones (excluding diaryl/α,β-unsaturated/α-hetero) is 1. The number of anilines is 1. The first-order chi connectivity index (χ1) is 15.2. The predicted molar refractivity (Wildman–Crippen MR) is 112 cm³/mol. The van der Waals surface area contributed by atoms with E-state index in [0.29, 0.717) is 17.1 Å². The number of furan rings is 1. The lowest BCUT2D eigenvalue weighted by molar-refractivity contribution is -0.132. The van der Waals surface area contributed by atoms with E-state index in [0.717, 1.165) is 23.1 Å². The van der Waals surface area contributed by atoms with Crippen molar-refractivity contribution in [2.24, 2.45) is 0 Å². The van der Waals surface area contributed by atoms with E-state index in [-0.39, 0.29) is 16.9 Å². The maximum absolute atomic E-state index is 14.6. The molecule has 1 unspecified atom stereocenters. The van der Waals surface area contributed by atoms with Gasteiger partial charge in [0.2, 0.25) is 0 Å². The number of ether oxygens (including phenoxy) is 1. The SMILES string of the molecule is COc1ccc(/C(O)=C2/C(=O)C(=O)N(c3cc(F)ccc3F)C2c2ccc(C)o2)c(C)c1. The molecule has 0 aliphatic carbocycles. The fourth-order valence-electron chi connectivity index (χ4n) is 3.79. The Labute approximate surface area is 182 Å². The molecule has 0 bridgehead atoms. The zero-order valence-electron chi connectivity index (χ0n) is 17.5. The van der Waals surface area contributed by atoms with Gasteiger partial charge in [0.15, 0.2) is 0 Å². The molecule has 4 rings (SSSR count). The first-order valence-corrected chi connectivity index (χ1v) is 9.70. The maximum Gasteiger partial charge on any atom is 0.300 e. The fraction of sp³-hybridized carbons (Fsp3) is 0.167. The molecular weight excluding hydrogens is 420 g/mol. The largest absolute Gasteiger partial charge is 0.507 e. The van der Waals surface area contributed by atoms with E-state index in [1.165, 1.54) is 13.2 Å². The van der Waals surface area contributed by atoms with Crippen molar-refractivity contribution in [1.29, 1.82) is 0 Å². The van der Waals surface area contributed by atoms with E-state index in [2.05, 4.69) is 0 Å². The van der Waals surface area contributed by atoms with Crippen molar-refractivity contribution < 1.29 is 32.6 Å². The van der Waals surface area contributed by atoms with Gasteiger partial charge in [-0.15, -0.1) is 0 Å². The molecule has 1 aromatic heterocycles. The number of nitrogens with zero attached hydrogens (tertiary/aromatic N) is 1. The average molecular weight is 439 g/mol. The molecular formula is C24H19F2NO5. The zero-order valence-corrected chi connectivity index (χ0v) is 17.5. The Morgan fingerprint density at radius 2 is 1.81 bits per heavy atom. The quantitative estimate of drug-likeness (QED) is 0.359. The molecule has 1 aliphatic rings. The Kier molecular flexibility index (Phi) is 5.30. The van der Waals surface area contributed by atoms with Gasteiger partial charge >= 0.3 is 0 Å². The summed E-state index contributed by atoms with van der Waals surface area (Å²) in [5.74, 6) is -3.15. The van der Waals surface area contributed by atoms with Crippen LogP contribution in [0.4, 0.5) is 14.5 Å². The number of carbonyl (C=O) groups is 2. The molecule has 2 aromatic carbocycles. The molecule has 1 aliphatic heterocycles. The Morgan fingerprint density at radius 1 is 1.06 bits per heavy atom. The second kappa shape index (κ2) is 7.96. The lowest BCUT2D eigenvalue weighted by Crippen LogP contribution is -2.30. The van der Waals surface area contributed by atoms with Gasteiger partial charge in [0.25, 0.3) is 11.7 Å². The lowest BCUT2D eigenvalue weighted by Gasteiger charge is -2.24. The van der Waals surface area contributed by atoms with E-state index >= 15 is 0 Å². The van der Waals surface area contributed by atoms with Gasteiger partial charge in [-0.1, -0.05) is 0 Å². The second-order valence-corrected chi connectivity index (χ2v) is 7.39. The smallest absolute Gasteiger partial charge is 0.300 e. The Bertz CT molecular complexity index is 1280. The van der Waals surface area contributed by atoms with Crippen LogP contribution in [0.15, 0.2) is 58.5 Å². The lowest BCUT2D eigenvalue weighted by atomic mass is 9.96. The average Bonchev–Trinajstić information content (AvgIpc) is 3.30. The number of aliphatic hydroxyl groups is 1. The summed E-state index contributed by atoms with van der Waals surface area (Å²) in [5.41, 5.74) is 0.147. The highest BCUT2D eigenvalue weighted by molar-refractivity contribution is 6.51. The van der Waals surface area contributed by atoms with Gasteiger partial charge in [0, 0.05) is 11.6 Å². The van der Waals surface area contributed by atoms with Crippen LogP contribution in [0.25, 0.3) is 5.76 Å². The molecule has 0 radical (unpaired) electrons. The summed E-state index contributed by atoms with van der Waals surface area (Å²) in [6.07, 6.45) is 0. The number of rotatable bonds is 4. The minimum atomic E-state index is -1.29. The van der Waals surface area contributed by atoms with Crippen LogP contribution in [-0.2, 0) is 9.59 Å². The number of hydrogen-bond acceptors (Lipinski definition) is 5. The number of aliphatic hydroxyl groups excluding tert-OH is 1. The molecule has 8 heteroatoms. The van der Waals surface area contributed by atoms with Crippen molar-refractivity contribution in [3.63, 3.8) is 0 Å². The van der Waals surface area contributed by atoms with Crippen molar-refractivity contribution >= 4 is 23.1 Å². The number of benzene rings is 2. The molecule has 0 spiro atoms. The topological polar surface area (TPSA) is 80.0 Å². The van der Waals surface area contributed by atoms with E-state index in [4.69, 9.17) is 9.15 Å². The summed E-state index contributed by atoms with van der Waals surface area (Å²) in [6, 6.07) is 9.22. The van der Waals surface area contributed by atoms with Crippen LogP contribution < -0.4 is 9.64 Å². The number of ketones is 1. The van der Waals surface area contributed by atoms with Crippen molar-refractivity contribution in [3.8, 4) is 5.75 Å². The minimum absolute atomic E-state index is 0.123. The summed E-state index contributed by atoms with van der Waals surface area (Å²) >= 11 is 0. The monoisotopic (exact) mass is 439 g/mol. The van der Waals surface area contributed by atoms with Crippen molar-refractivity contribution in [3.05, 3.63) is 88.4 Å². The molecule has 3 aromatic rings. The molecule has 1 N–H and O–H groups in total. The highest BCUT2D eigenvalue weighted by atomic mass is 19.1. The normalized spacial score (nSPS) is 17.8. The number of amides is 1. The number of hydrogen-bond donors (Lipinski definition) is 1. The summed E-state index contributed by atoms with van der Waals surface area (Å²) in [6.45, 7) is 3.36. The van der Waals surface area contributed by atoms with Crippen molar-refractivity contribution in [2.75, 3.05) is 12.0 Å². The van der Waals surface area contributed by atoms with Gasteiger partial charge in [-0.05, 0) is 61.9 Å². The molecule has 1 fully saturated rings. The van der Waals surface area contributed by atoms with Crippen molar-refractivity contribution in [1.82, 2.24) is 0 Å². The molecule has 1 amide bonds. The first-order valence-electron chi connectivity index (χ1n) is 9.70. The Hall–Kier alpha value is -3.94. The summed E-state index contributed by atoms with van der Waals surface area (Å²) in [4.78, 5) is 26.8. The summed E-state index contributed by atoms with van der Waals surface area (Å²) < 4.78 is 39.3. The van der Waals surface area contributed by atoms with E-state index < -0.39 is 40.8 Å². The van der Waals surface area contributed by atoms with Crippen LogP contribution in [-0.4, -0.2) is 23.9 Å². The number of halogens is 2. The van der Waals surface area contributed by atoms with Gasteiger partial charge in [0.05, 0.1) is 18.4 Å². The van der Waals surface area contributed by atoms with E-state index in [9.17, 15) is 23.5 Å². The second-order valence-electron chi connectivity index (χ2n) is 7.39. The molecule has 1 saturated heterocycles. The van der Waals surface area contributed by atoms with Crippen LogP contribution in [0.3, 0.4) is 0 Å². The summed E-state index contributed by atoms with van der Waals surface area (Å²) in [5, 5.41) is 11.1. The van der Waals surface area contributed by atoms with Gasteiger partial charge in [-0.3, -0.25) is 14.5 Å². The third-order valence-electron chi connectivity index (χ3n) is 5.33. The standard InChI is InChI=1S/C24H19F2NO5/c1-12-10-15(31-3)6-7-16(12)22(28)20-21(19-9-4-13(2)32-19)27(24(30)23(20)29)18-11-14(25)5-8-17(18)26/h4-11,21,28H,1-3H3/b22-20-. The molecule has 0 saturated carbocycles. The van der Waals surface area contributed by atoms with Crippen LogP contribution in [0.2, 0.25) is 0 Å². The van der Waals surface area contributed by atoms with Crippen molar-refractivity contribution in [2.45, 2.75) is 19.9 Å². The maximum atomic E-state index is 14.6. The molecule has 1 atom stereocenters. The number of methoxy groups -OCH3 is 1. The van der Waals surface area contributed by atoms with Crippen LogP contribution in [0.1, 0.15) is 28.7 Å². The predicted octanol–water partition coefficient (Wildman–Crippen LogP) is 4.81. The zero-order chi connectivity index (χ0) is 23.2. The highest BCUT2D eigenvalue weighted by Gasteiger charge is 2.49. The molecule has 164 valence electrons. The fourth-order valence-corrected chi connectivity index (χ4v) is 3.79. The molecule has 32 heavy (non-hydrogen) atoms. The third-order valence-corrected chi connectivity index (χ3v) is 5.33. The highest BCUT2D eigenvalue weighted by Crippen LogP contribution is 2.44. The van der Waals surface area contributed by atoms with Crippen LogP contribution >= 0.6 is 0 Å². The first kappa shape index (κ1) is 21.3. The van der Waals surface area contributed by atoms with E-state index in [1.54, 1.807) is 38.1 Å². The number of carbonyl (C=O) groups excluding carboxylic acids is 2. The number of aryl methyl sites for hydroxylation is 2. The third kappa shape index (κ3) is 3.43. The van der Waals surface area contributed by atoms with Crippen LogP contribution in [0.5, 0.6) is 5.75 Å². The molecule has 6 nitrogen and oxygen atoms in total. The Morgan fingerprint density at radius 3 is 2.44 bits per heavy atom. The minimum Gasteiger partial charge on any atom is -0.507 e. The summed E-state index contributed by atoms with van der Waals surface area (Å²) in [7, 11) is 1.49. The van der Waals surface area contributed by atoms with Gasteiger partial charge in [-0.2, -0.15) is 0 Å². The Balaban J connectivity index is 1.97.